The van der Waals surface area contributed by atoms with Gasteiger partial charge < -0.3 is 56.6 Å². The lowest BCUT2D eigenvalue weighted by molar-refractivity contribution is -0.118. The van der Waals surface area contributed by atoms with E-state index >= 15 is 0 Å². The van der Waals surface area contributed by atoms with E-state index in [0.717, 1.165) is 11.1 Å². The van der Waals surface area contributed by atoms with Gasteiger partial charge in [0.05, 0.1) is 60.2 Å². The van der Waals surface area contributed by atoms with Crippen molar-refractivity contribution in [3.8, 4) is 28.7 Å². The summed E-state index contributed by atoms with van der Waals surface area (Å²) in [5, 5.41) is 2.61. The standard InChI is InChI=1S/C70H68N7O16PS/c1-44-39-76(68(81)75-65(44)79)61-37-56(92-70(46-17-11-7-12-18-46,49-25-33-53(85-4)34-26-49)50-27-35-54(86-5)36-28-50)59(91-61)41-89-94(82,95)93-57-38-62(77-43-71-63-64(77)73-67(74-66(63)80)72-60(78)42-87-55-19-13-8-14-20-55)90-58(57)40-88-69(45-15-9-6-10-16-45,47-21-29-51(83-2)30-22-47)48-23-31-52(84-3)32-24-48/h6-36,39,43,56-59,61-62H,37-38,40-42H2,1-5H3,(H,82,95)(H,75,79,81)(H2,72,73,74,78,80)/t56-,57-,58+,59+,61+,62+,94?/m0/s1. The van der Waals surface area contributed by atoms with Crippen LogP contribution in [-0.4, -0.2) is 113 Å². The van der Waals surface area contributed by atoms with E-state index in [0.29, 0.717) is 51.0 Å². The van der Waals surface area contributed by atoms with Crippen LogP contribution in [0.2, 0.25) is 0 Å². The first-order chi connectivity index (χ1) is 46.1. The van der Waals surface area contributed by atoms with E-state index in [1.54, 1.807) is 59.6 Å². The molecule has 0 spiro atoms. The number of H-pyrrole nitrogens is 2. The number of nitrogens with zero attached hydrogens (tertiary/aromatic N) is 4. The highest BCUT2D eigenvalue weighted by Crippen LogP contribution is 2.52. The summed E-state index contributed by atoms with van der Waals surface area (Å²) in [4.78, 5) is 80.1. The van der Waals surface area contributed by atoms with E-state index in [-0.39, 0.29) is 48.7 Å². The van der Waals surface area contributed by atoms with Crippen LogP contribution in [0, 0.1) is 6.92 Å². The van der Waals surface area contributed by atoms with Crippen LogP contribution in [0.25, 0.3) is 11.2 Å². The first-order valence-electron chi connectivity index (χ1n) is 30.3. The Balaban J connectivity index is 0.903. The number of hydrogen-bond donors (Lipinski definition) is 4. The van der Waals surface area contributed by atoms with Gasteiger partial charge in [-0.2, -0.15) is 4.98 Å². The van der Waals surface area contributed by atoms with Gasteiger partial charge >= 0.3 is 12.4 Å². The lowest BCUT2D eigenvalue weighted by Gasteiger charge is -2.39. The molecular formula is C70H68N7O16PS. The van der Waals surface area contributed by atoms with Crippen molar-refractivity contribution in [1.29, 1.82) is 0 Å². The zero-order valence-corrected chi connectivity index (χ0v) is 54.0. The fourth-order valence-electron chi connectivity index (χ4n) is 12.0. The predicted octanol–water partition coefficient (Wildman–Crippen LogP) is 9.61. The number of rotatable bonds is 26. The highest BCUT2D eigenvalue weighted by Gasteiger charge is 2.49. The molecule has 25 heteroatoms. The first kappa shape index (κ1) is 65.5. The van der Waals surface area contributed by atoms with E-state index in [4.69, 9.17) is 63.5 Å². The average molecular weight is 1330 g/mol. The molecule has 2 aliphatic heterocycles. The summed E-state index contributed by atoms with van der Waals surface area (Å²) in [5.41, 5.74) is -0.173. The van der Waals surface area contributed by atoms with Crippen molar-refractivity contribution in [1.82, 2.24) is 29.1 Å². The smallest absolute Gasteiger partial charge is 0.330 e. The Bertz CT molecular complexity index is 4410. The van der Waals surface area contributed by atoms with Crippen molar-refractivity contribution in [2.45, 2.75) is 67.8 Å². The highest BCUT2D eigenvalue weighted by atomic mass is 32.5. The van der Waals surface area contributed by atoms with Crippen molar-refractivity contribution in [3.05, 3.63) is 271 Å². The Hall–Kier alpha value is -9.59. The van der Waals surface area contributed by atoms with E-state index in [1.165, 1.54) is 21.7 Å². The molecule has 0 saturated carbocycles. The Kier molecular flexibility index (Phi) is 19.7. The minimum atomic E-state index is -4.45. The molecule has 0 aliphatic carbocycles. The largest absolute Gasteiger partial charge is 0.497 e. The lowest BCUT2D eigenvalue weighted by atomic mass is 9.79. The summed E-state index contributed by atoms with van der Waals surface area (Å²) in [6.07, 6.45) is -3.56. The third-order valence-electron chi connectivity index (χ3n) is 16.7. The summed E-state index contributed by atoms with van der Waals surface area (Å²) in [6, 6.07) is 57.9. The Labute approximate surface area is 550 Å². The number of benzene rings is 7. The van der Waals surface area contributed by atoms with Gasteiger partial charge in [0.25, 0.3) is 17.0 Å². The van der Waals surface area contributed by atoms with Crippen molar-refractivity contribution in [2.75, 3.05) is 53.6 Å². The molecule has 490 valence electrons. The molecule has 0 bridgehead atoms. The van der Waals surface area contributed by atoms with Crippen LogP contribution >= 0.6 is 6.72 Å². The number of aromatic nitrogens is 6. The Morgan fingerprint density at radius 3 is 1.59 bits per heavy atom. The number of aromatic amines is 2. The molecule has 0 radical (unpaired) electrons. The molecular weight excluding hydrogens is 1260 g/mol. The van der Waals surface area contributed by atoms with Crippen LogP contribution in [-0.2, 0) is 55.8 Å². The maximum Gasteiger partial charge on any atom is 0.330 e. The van der Waals surface area contributed by atoms with Crippen LogP contribution < -0.4 is 45.8 Å². The molecule has 2 fully saturated rings. The second-order valence-corrected chi connectivity index (χ2v) is 25.3. The third kappa shape index (κ3) is 14.0. The van der Waals surface area contributed by atoms with Gasteiger partial charge in [0, 0.05) is 24.6 Å². The van der Waals surface area contributed by atoms with Gasteiger partial charge in [0.15, 0.2) is 17.8 Å². The third-order valence-corrected chi connectivity index (χ3v) is 18.3. The van der Waals surface area contributed by atoms with E-state index in [1.807, 2.05) is 164 Å². The number of ether oxygens (including phenoxy) is 9. The normalized spacial score (nSPS) is 18.6. The van der Waals surface area contributed by atoms with Crippen LogP contribution in [0.4, 0.5) is 5.95 Å². The van der Waals surface area contributed by atoms with Gasteiger partial charge in [-0.05, 0) is 113 Å². The molecule has 2 aliphatic rings. The molecule has 2 saturated heterocycles. The van der Waals surface area contributed by atoms with Crippen LogP contribution in [0.1, 0.15) is 64.2 Å². The summed E-state index contributed by atoms with van der Waals surface area (Å²) in [5.74, 6) is 2.11. The predicted molar refractivity (Wildman–Crippen MR) is 355 cm³/mol. The maximum atomic E-state index is 13.7. The number of para-hydroxylation sites is 1. The fraction of sp³-hybridized carbons (Fsp3) is 0.257. The van der Waals surface area contributed by atoms with Gasteiger partial charge in [0.2, 0.25) is 5.95 Å². The average Bonchev–Trinajstić information content (AvgIpc) is 1.08. The molecule has 1 unspecified atom stereocenters. The number of aryl methyl sites for hydroxylation is 1. The summed E-state index contributed by atoms with van der Waals surface area (Å²) < 4.78 is 72.7. The van der Waals surface area contributed by atoms with Crippen molar-refractivity contribution < 1.29 is 61.4 Å². The number of imidazole rings is 1. The number of carbonyl (C=O) groups excluding carboxylic acids is 1. The minimum absolute atomic E-state index is 0.0289. The number of nitrogens with one attached hydrogen (secondary N) is 3. The van der Waals surface area contributed by atoms with Crippen LogP contribution in [0.5, 0.6) is 28.7 Å². The van der Waals surface area contributed by atoms with E-state index in [2.05, 4.69) is 25.3 Å². The van der Waals surface area contributed by atoms with Gasteiger partial charge in [-0.3, -0.25) is 38.8 Å². The summed E-state index contributed by atoms with van der Waals surface area (Å²) in [6.45, 7) is -3.94. The minimum Gasteiger partial charge on any atom is -0.497 e. The number of carbonyl (C=O) groups is 1. The molecule has 5 heterocycles. The monoisotopic (exact) mass is 1330 g/mol. The fourth-order valence-corrected chi connectivity index (χ4v) is 13.5. The molecule has 1 amide bonds. The van der Waals surface area contributed by atoms with E-state index in [9.17, 15) is 24.1 Å². The zero-order valence-electron chi connectivity index (χ0n) is 52.3. The molecule has 12 rings (SSSR count). The Morgan fingerprint density at radius 1 is 0.600 bits per heavy atom. The number of fused-ring (bicyclic) bond motifs is 1. The Morgan fingerprint density at radius 2 is 1.06 bits per heavy atom. The van der Waals surface area contributed by atoms with Crippen LogP contribution in [0.15, 0.2) is 215 Å². The van der Waals surface area contributed by atoms with E-state index < -0.39 is 84.1 Å². The molecule has 10 aromatic rings. The molecule has 7 aromatic carbocycles. The number of amides is 1. The second kappa shape index (κ2) is 28.6. The quantitative estimate of drug-likeness (QED) is 0.0290. The van der Waals surface area contributed by atoms with Crippen LogP contribution in [0.3, 0.4) is 0 Å². The number of hydrogen-bond acceptors (Lipinski definition) is 18. The van der Waals surface area contributed by atoms with Gasteiger partial charge in [-0.15, -0.1) is 0 Å². The van der Waals surface area contributed by atoms with Gasteiger partial charge in [0.1, 0.15) is 64.6 Å². The zero-order chi connectivity index (χ0) is 66.3. The number of methoxy groups -OCH3 is 4. The summed E-state index contributed by atoms with van der Waals surface area (Å²) in [7, 11) is 6.33. The molecule has 3 aromatic heterocycles. The van der Waals surface area contributed by atoms with Crippen molar-refractivity contribution in [2.24, 2.45) is 0 Å². The van der Waals surface area contributed by atoms with Gasteiger partial charge in [-0.1, -0.05) is 127 Å². The van der Waals surface area contributed by atoms with Crippen molar-refractivity contribution >= 4 is 41.5 Å². The molecule has 7 atom stereocenters. The van der Waals surface area contributed by atoms with Crippen molar-refractivity contribution in [3.63, 3.8) is 0 Å². The molecule has 95 heavy (non-hydrogen) atoms. The first-order valence-corrected chi connectivity index (χ1v) is 32.9. The SMILES string of the molecule is COc1ccc(C(OC[C@H]2O[C@@H](n3cnc4c(=O)[nH]c(NC(=O)COc5ccccc5)nc43)C[C@@H]2OP(O)(=S)OC[C@H]2O[C@@H](n3cc(C)c(=O)[nH]c3=O)C[C@@H]2OC(c2ccccc2)(c2ccc(OC)cc2)c2ccc(OC)cc2)(c2ccccc2)c2ccc(OC)cc2)cc1. The number of anilines is 1. The molecule has 23 nitrogen and oxygen atoms in total. The summed E-state index contributed by atoms with van der Waals surface area (Å²) >= 11 is 6.01. The topological polar surface area (TPSA) is 269 Å². The second-order valence-electron chi connectivity index (χ2n) is 22.5. The maximum absolute atomic E-state index is 13.7. The highest BCUT2D eigenvalue weighted by molar-refractivity contribution is 8.07. The van der Waals surface area contributed by atoms with Gasteiger partial charge in [-0.25, -0.2) is 9.78 Å². The lowest BCUT2D eigenvalue weighted by Crippen LogP contribution is -2.41. The molecule has 4 N–H and O–H groups in total.